The van der Waals surface area contributed by atoms with Crippen molar-refractivity contribution in [3.05, 3.63) is 34.3 Å². The van der Waals surface area contributed by atoms with Gasteiger partial charge in [-0.05, 0) is 25.0 Å². The lowest BCUT2D eigenvalue weighted by Crippen LogP contribution is -1.92. The Balaban J connectivity index is 3.10. The van der Waals surface area contributed by atoms with Gasteiger partial charge in [-0.25, -0.2) is 0 Å². The average Bonchev–Trinajstić information content (AvgIpc) is 2.04. The summed E-state index contributed by atoms with van der Waals surface area (Å²) in [6.45, 7) is 3.58. The highest BCUT2D eigenvalue weighted by molar-refractivity contribution is 6.31. The topological polar surface area (TPSA) is 17.1 Å². The lowest BCUT2D eigenvalue weighted by atomic mass is 10.1. The minimum atomic E-state index is 0.0551. The van der Waals surface area contributed by atoms with Crippen LogP contribution in [0.3, 0.4) is 0 Å². The van der Waals surface area contributed by atoms with Gasteiger partial charge in [0.15, 0.2) is 5.78 Å². The third kappa shape index (κ3) is 1.86. The van der Waals surface area contributed by atoms with E-state index in [9.17, 15) is 4.79 Å². The fourth-order valence-electron chi connectivity index (χ4n) is 1.05. The van der Waals surface area contributed by atoms with Crippen LogP contribution < -0.4 is 0 Å². The van der Waals surface area contributed by atoms with Crippen LogP contribution in [0.15, 0.2) is 18.2 Å². The molecule has 0 unspecified atom stereocenters. The third-order valence-corrected chi connectivity index (χ3v) is 2.19. The summed E-state index contributed by atoms with van der Waals surface area (Å²) in [5.74, 6) is 0.0551. The second kappa shape index (κ2) is 3.72. The van der Waals surface area contributed by atoms with Crippen LogP contribution in [0, 0.1) is 0 Å². The SMILES string of the molecule is CCc1ccc(C(C)=O)cc1Cl. The van der Waals surface area contributed by atoms with E-state index < -0.39 is 0 Å². The fourth-order valence-corrected chi connectivity index (χ4v) is 1.37. The Bertz CT molecular complexity index is 305. The number of carbonyl (C=O) groups is 1. The molecule has 2 heteroatoms. The Morgan fingerprint density at radius 1 is 1.50 bits per heavy atom. The summed E-state index contributed by atoms with van der Waals surface area (Å²) in [7, 11) is 0. The van der Waals surface area contributed by atoms with Crippen LogP contribution in [0.5, 0.6) is 0 Å². The minimum absolute atomic E-state index is 0.0551. The molecule has 0 bridgehead atoms. The maximum Gasteiger partial charge on any atom is 0.159 e. The monoisotopic (exact) mass is 182 g/mol. The summed E-state index contributed by atoms with van der Waals surface area (Å²) in [5, 5.41) is 0.685. The molecule has 0 fully saturated rings. The van der Waals surface area contributed by atoms with Crippen LogP contribution in [0.1, 0.15) is 29.8 Å². The first-order valence-corrected chi connectivity index (χ1v) is 4.32. The number of aryl methyl sites for hydroxylation is 1. The van der Waals surface area contributed by atoms with Gasteiger partial charge >= 0.3 is 0 Å². The summed E-state index contributed by atoms with van der Waals surface area (Å²) in [4.78, 5) is 10.9. The Labute approximate surface area is 77.4 Å². The number of halogens is 1. The van der Waals surface area contributed by atoms with E-state index in [0.29, 0.717) is 10.6 Å². The minimum Gasteiger partial charge on any atom is -0.295 e. The quantitative estimate of drug-likeness (QED) is 0.643. The zero-order valence-corrected chi connectivity index (χ0v) is 7.98. The molecular weight excluding hydrogens is 172 g/mol. The predicted molar refractivity (Wildman–Crippen MR) is 50.8 cm³/mol. The summed E-state index contributed by atoms with van der Waals surface area (Å²) in [6, 6.07) is 5.44. The molecule has 0 aliphatic heterocycles. The van der Waals surface area contributed by atoms with Gasteiger partial charge in [-0.3, -0.25) is 4.79 Å². The van der Waals surface area contributed by atoms with Crippen LogP contribution in [0.25, 0.3) is 0 Å². The lowest BCUT2D eigenvalue weighted by Gasteiger charge is -2.01. The van der Waals surface area contributed by atoms with E-state index in [4.69, 9.17) is 11.6 Å². The molecule has 0 amide bonds. The van der Waals surface area contributed by atoms with Crippen molar-refractivity contribution in [2.45, 2.75) is 20.3 Å². The van der Waals surface area contributed by atoms with Gasteiger partial charge in [-0.15, -0.1) is 0 Å². The van der Waals surface area contributed by atoms with Crippen molar-refractivity contribution in [2.75, 3.05) is 0 Å². The van der Waals surface area contributed by atoms with Crippen molar-refractivity contribution >= 4 is 17.4 Å². The van der Waals surface area contributed by atoms with Crippen LogP contribution >= 0.6 is 11.6 Å². The number of benzene rings is 1. The molecule has 0 aliphatic rings. The fraction of sp³-hybridized carbons (Fsp3) is 0.300. The highest BCUT2D eigenvalue weighted by atomic mass is 35.5. The first-order chi connectivity index (χ1) is 5.65. The first-order valence-electron chi connectivity index (χ1n) is 3.94. The summed E-state index contributed by atoms with van der Waals surface area (Å²) >= 11 is 5.92. The first kappa shape index (κ1) is 9.27. The Hall–Kier alpha value is -0.820. The molecule has 0 saturated heterocycles. The second-order valence-corrected chi connectivity index (χ2v) is 3.12. The third-order valence-electron chi connectivity index (χ3n) is 1.84. The molecule has 0 aromatic heterocycles. The molecule has 64 valence electrons. The van der Waals surface area contributed by atoms with Crippen LogP contribution in [0.2, 0.25) is 5.02 Å². The summed E-state index contributed by atoms with van der Waals surface area (Å²) < 4.78 is 0. The van der Waals surface area contributed by atoms with Gasteiger partial charge in [-0.2, -0.15) is 0 Å². The molecule has 1 rings (SSSR count). The maximum atomic E-state index is 10.9. The number of Topliss-reactive ketones (excluding diaryl/α,β-unsaturated/α-hetero) is 1. The zero-order valence-electron chi connectivity index (χ0n) is 7.23. The number of carbonyl (C=O) groups excluding carboxylic acids is 1. The summed E-state index contributed by atoms with van der Waals surface area (Å²) in [5.41, 5.74) is 1.76. The van der Waals surface area contributed by atoms with E-state index in [2.05, 4.69) is 0 Å². The molecule has 0 saturated carbocycles. The van der Waals surface area contributed by atoms with Crippen molar-refractivity contribution < 1.29 is 4.79 Å². The standard InChI is InChI=1S/C10H11ClO/c1-3-8-4-5-9(7(2)12)6-10(8)11/h4-6H,3H2,1-2H3. The molecule has 1 aromatic rings. The van der Waals surface area contributed by atoms with Crippen LogP contribution in [0.4, 0.5) is 0 Å². The van der Waals surface area contributed by atoms with Gasteiger partial charge < -0.3 is 0 Å². The number of rotatable bonds is 2. The van der Waals surface area contributed by atoms with Crippen molar-refractivity contribution in [3.63, 3.8) is 0 Å². The van der Waals surface area contributed by atoms with E-state index in [-0.39, 0.29) is 5.78 Å². The maximum absolute atomic E-state index is 10.9. The largest absolute Gasteiger partial charge is 0.295 e. The molecule has 0 N–H and O–H groups in total. The van der Waals surface area contributed by atoms with Crippen molar-refractivity contribution in [1.29, 1.82) is 0 Å². The van der Waals surface area contributed by atoms with E-state index in [1.807, 2.05) is 19.1 Å². The van der Waals surface area contributed by atoms with E-state index >= 15 is 0 Å². The van der Waals surface area contributed by atoms with Gasteiger partial charge in [0.05, 0.1) is 0 Å². The van der Waals surface area contributed by atoms with Gasteiger partial charge in [0.25, 0.3) is 0 Å². The Kier molecular flexibility index (Phi) is 2.88. The van der Waals surface area contributed by atoms with Gasteiger partial charge in [0, 0.05) is 10.6 Å². The van der Waals surface area contributed by atoms with Gasteiger partial charge in [-0.1, -0.05) is 30.7 Å². The smallest absolute Gasteiger partial charge is 0.159 e. The normalized spacial score (nSPS) is 9.92. The van der Waals surface area contributed by atoms with Gasteiger partial charge in [0.2, 0.25) is 0 Å². The van der Waals surface area contributed by atoms with Crippen molar-refractivity contribution in [3.8, 4) is 0 Å². The Morgan fingerprint density at radius 2 is 2.17 bits per heavy atom. The molecule has 1 nitrogen and oxygen atoms in total. The predicted octanol–water partition coefficient (Wildman–Crippen LogP) is 3.11. The number of hydrogen-bond donors (Lipinski definition) is 0. The molecular formula is C10H11ClO. The highest BCUT2D eigenvalue weighted by Crippen LogP contribution is 2.18. The van der Waals surface area contributed by atoms with Crippen LogP contribution in [-0.2, 0) is 6.42 Å². The molecule has 0 aliphatic carbocycles. The Morgan fingerprint density at radius 3 is 2.58 bits per heavy atom. The average molecular weight is 183 g/mol. The van der Waals surface area contributed by atoms with E-state index in [1.165, 1.54) is 6.92 Å². The zero-order chi connectivity index (χ0) is 9.14. The van der Waals surface area contributed by atoms with Crippen LogP contribution in [-0.4, -0.2) is 5.78 Å². The van der Waals surface area contributed by atoms with Crippen molar-refractivity contribution in [2.24, 2.45) is 0 Å². The van der Waals surface area contributed by atoms with Gasteiger partial charge in [0.1, 0.15) is 0 Å². The molecule has 12 heavy (non-hydrogen) atoms. The summed E-state index contributed by atoms with van der Waals surface area (Å²) in [6.07, 6.45) is 0.900. The molecule has 0 heterocycles. The molecule has 0 spiro atoms. The number of ketones is 1. The number of hydrogen-bond acceptors (Lipinski definition) is 1. The molecule has 1 aromatic carbocycles. The van der Waals surface area contributed by atoms with E-state index in [0.717, 1.165) is 12.0 Å². The lowest BCUT2D eigenvalue weighted by molar-refractivity contribution is 0.101. The highest BCUT2D eigenvalue weighted by Gasteiger charge is 2.02. The molecule has 0 atom stereocenters. The van der Waals surface area contributed by atoms with Crippen molar-refractivity contribution in [1.82, 2.24) is 0 Å². The molecule has 0 radical (unpaired) electrons. The van der Waals surface area contributed by atoms with E-state index in [1.54, 1.807) is 6.07 Å². The second-order valence-electron chi connectivity index (χ2n) is 2.72.